The number of nitrogens with one attached hydrogen (secondary N) is 1. The first-order valence-electron chi connectivity index (χ1n) is 5.31. The molecule has 0 aromatic heterocycles. The number of nitro benzene ring substituents is 1. The molecular weight excluding hydrogens is 236 g/mol. The third-order valence-corrected chi connectivity index (χ3v) is 2.28. The van der Waals surface area contributed by atoms with Gasteiger partial charge in [0.05, 0.1) is 4.92 Å². The van der Waals surface area contributed by atoms with Crippen LogP contribution < -0.4 is 11.2 Å². The van der Waals surface area contributed by atoms with Gasteiger partial charge in [-0.3, -0.25) is 10.1 Å². The lowest BCUT2D eigenvalue weighted by Gasteiger charge is -2.01. The van der Waals surface area contributed by atoms with Crippen molar-refractivity contribution in [2.45, 2.75) is 19.8 Å². The van der Waals surface area contributed by atoms with Crippen molar-refractivity contribution in [1.82, 2.24) is 5.43 Å². The third kappa shape index (κ3) is 4.60. The van der Waals surface area contributed by atoms with Crippen molar-refractivity contribution in [3.63, 3.8) is 0 Å². The summed E-state index contributed by atoms with van der Waals surface area (Å²) in [6, 6.07) is 5.62. The van der Waals surface area contributed by atoms with Crippen molar-refractivity contribution in [2.24, 2.45) is 10.8 Å². The number of non-ortho nitro benzene ring substituents is 1. The molecule has 1 rings (SSSR count). The summed E-state index contributed by atoms with van der Waals surface area (Å²) >= 11 is 0. The zero-order valence-corrected chi connectivity index (χ0v) is 9.92. The summed E-state index contributed by atoms with van der Waals surface area (Å²) in [7, 11) is 0. The summed E-state index contributed by atoms with van der Waals surface area (Å²) in [6.07, 6.45) is 1.33. The molecule has 0 fully saturated rings. The summed E-state index contributed by atoms with van der Waals surface area (Å²) in [5.41, 5.74) is 8.78. The maximum absolute atomic E-state index is 10.5. The van der Waals surface area contributed by atoms with Gasteiger partial charge in [0.25, 0.3) is 5.69 Å². The van der Waals surface area contributed by atoms with Gasteiger partial charge in [-0.25, -0.2) is 10.2 Å². The van der Waals surface area contributed by atoms with Gasteiger partial charge in [0, 0.05) is 17.8 Å². The number of aryl methyl sites for hydroxylation is 1. The molecule has 0 radical (unpaired) electrons. The lowest BCUT2D eigenvalue weighted by atomic mass is 10.1. The van der Waals surface area contributed by atoms with Crippen molar-refractivity contribution in [1.29, 1.82) is 0 Å². The topological polar surface area (TPSA) is 111 Å². The Bertz CT molecular complexity index is 468. The zero-order valence-electron chi connectivity index (χ0n) is 9.92. The molecule has 0 aliphatic heterocycles. The summed E-state index contributed by atoms with van der Waals surface area (Å²) in [6.45, 7) is 1.77. The van der Waals surface area contributed by atoms with Crippen LogP contribution in [0.5, 0.6) is 0 Å². The number of carbonyl (C=O) groups is 1. The smallest absolute Gasteiger partial charge is 0.332 e. The predicted octanol–water partition coefficient (Wildman–Crippen LogP) is 1.57. The van der Waals surface area contributed by atoms with Crippen LogP contribution in [0.4, 0.5) is 10.5 Å². The Kier molecular flexibility index (Phi) is 4.79. The third-order valence-electron chi connectivity index (χ3n) is 2.28. The zero-order chi connectivity index (χ0) is 13.5. The van der Waals surface area contributed by atoms with Crippen molar-refractivity contribution >= 4 is 17.4 Å². The first kappa shape index (κ1) is 13.6. The van der Waals surface area contributed by atoms with Crippen LogP contribution >= 0.6 is 0 Å². The molecule has 7 heteroatoms. The van der Waals surface area contributed by atoms with Crippen LogP contribution in [0.1, 0.15) is 18.9 Å². The second kappa shape index (κ2) is 6.33. The number of nitrogens with two attached hydrogens (primary N) is 1. The molecule has 0 spiro atoms. The van der Waals surface area contributed by atoms with E-state index in [2.05, 4.69) is 10.5 Å². The lowest BCUT2D eigenvalue weighted by Crippen LogP contribution is -2.25. The quantitative estimate of drug-likeness (QED) is 0.470. The number of amides is 2. The maximum atomic E-state index is 10.5. The summed E-state index contributed by atoms with van der Waals surface area (Å²) < 4.78 is 0. The monoisotopic (exact) mass is 250 g/mol. The van der Waals surface area contributed by atoms with Crippen molar-refractivity contribution < 1.29 is 9.72 Å². The molecule has 2 amide bonds. The molecule has 1 aromatic rings. The van der Waals surface area contributed by atoms with Crippen LogP contribution in [-0.4, -0.2) is 16.7 Å². The Balaban J connectivity index is 2.51. The molecule has 0 saturated heterocycles. The molecule has 96 valence electrons. The number of hydrogen-bond donors (Lipinski definition) is 2. The van der Waals surface area contributed by atoms with Crippen molar-refractivity contribution in [3.05, 3.63) is 39.9 Å². The van der Waals surface area contributed by atoms with Crippen molar-refractivity contribution in [2.75, 3.05) is 0 Å². The fourth-order valence-corrected chi connectivity index (χ4v) is 1.32. The molecule has 1 aromatic carbocycles. The number of nitrogens with zero attached hydrogens (tertiary/aromatic N) is 2. The van der Waals surface area contributed by atoms with E-state index in [1.807, 2.05) is 0 Å². The Morgan fingerprint density at radius 1 is 1.44 bits per heavy atom. The standard InChI is InChI=1S/C11H14N4O3/c1-8(13-14-11(12)16)2-3-9-4-6-10(7-5-9)15(17)18/h4-7H,2-3H2,1H3,(H3,12,14,16). The van der Waals surface area contributed by atoms with E-state index in [0.717, 1.165) is 11.3 Å². The highest BCUT2D eigenvalue weighted by Crippen LogP contribution is 2.13. The number of carbonyl (C=O) groups excluding carboxylic acids is 1. The minimum Gasteiger partial charge on any atom is -0.350 e. The van der Waals surface area contributed by atoms with Crippen LogP contribution in [0, 0.1) is 10.1 Å². The predicted molar refractivity (Wildman–Crippen MR) is 67.2 cm³/mol. The first-order valence-corrected chi connectivity index (χ1v) is 5.31. The van der Waals surface area contributed by atoms with Crippen LogP contribution in [0.2, 0.25) is 0 Å². The van der Waals surface area contributed by atoms with Gasteiger partial charge in [-0.15, -0.1) is 0 Å². The Labute approximate surface area is 104 Å². The van der Waals surface area contributed by atoms with E-state index in [9.17, 15) is 14.9 Å². The maximum Gasteiger partial charge on any atom is 0.332 e. The van der Waals surface area contributed by atoms with Crippen LogP contribution in [0.3, 0.4) is 0 Å². The normalized spacial score (nSPS) is 11.1. The molecule has 0 heterocycles. The Morgan fingerprint density at radius 3 is 2.56 bits per heavy atom. The second-order valence-corrected chi connectivity index (χ2v) is 3.75. The molecule has 18 heavy (non-hydrogen) atoms. The van der Waals surface area contributed by atoms with E-state index in [-0.39, 0.29) is 5.69 Å². The molecule has 7 nitrogen and oxygen atoms in total. The number of primary amides is 1. The molecule has 0 aliphatic rings. The van der Waals surface area contributed by atoms with E-state index in [1.54, 1.807) is 19.1 Å². The molecule has 0 bridgehead atoms. The number of nitro groups is 1. The van der Waals surface area contributed by atoms with Gasteiger partial charge < -0.3 is 5.73 Å². The van der Waals surface area contributed by atoms with Gasteiger partial charge in [0.15, 0.2) is 0 Å². The average molecular weight is 250 g/mol. The van der Waals surface area contributed by atoms with E-state index in [0.29, 0.717) is 12.8 Å². The highest BCUT2D eigenvalue weighted by Gasteiger charge is 2.04. The summed E-state index contributed by atoms with van der Waals surface area (Å²) in [5, 5.41) is 14.2. The van der Waals surface area contributed by atoms with E-state index >= 15 is 0 Å². The van der Waals surface area contributed by atoms with Gasteiger partial charge >= 0.3 is 6.03 Å². The lowest BCUT2D eigenvalue weighted by molar-refractivity contribution is -0.384. The van der Waals surface area contributed by atoms with Crippen molar-refractivity contribution in [3.8, 4) is 0 Å². The fraction of sp³-hybridized carbons (Fsp3) is 0.273. The number of rotatable bonds is 5. The average Bonchev–Trinajstić information content (AvgIpc) is 2.34. The minimum atomic E-state index is -0.704. The van der Waals surface area contributed by atoms with E-state index in [4.69, 9.17) is 5.73 Å². The number of benzene rings is 1. The summed E-state index contributed by atoms with van der Waals surface area (Å²) in [4.78, 5) is 20.4. The van der Waals surface area contributed by atoms with Gasteiger partial charge in [0.1, 0.15) is 0 Å². The first-order chi connectivity index (χ1) is 8.49. The van der Waals surface area contributed by atoms with E-state index in [1.165, 1.54) is 12.1 Å². The van der Waals surface area contributed by atoms with E-state index < -0.39 is 11.0 Å². The molecule has 3 N–H and O–H groups in total. The summed E-state index contributed by atoms with van der Waals surface area (Å²) in [5.74, 6) is 0. The Morgan fingerprint density at radius 2 is 2.06 bits per heavy atom. The highest BCUT2D eigenvalue weighted by atomic mass is 16.6. The van der Waals surface area contributed by atoms with Gasteiger partial charge in [-0.1, -0.05) is 12.1 Å². The fourth-order valence-electron chi connectivity index (χ4n) is 1.32. The SMILES string of the molecule is CC(CCc1ccc([N+](=O)[O-])cc1)=NNC(N)=O. The number of hydrogen-bond acceptors (Lipinski definition) is 4. The van der Waals surface area contributed by atoms with Gasteiger partial charge in [0.2, 0.25) is 0 Å². The molecule has 0 atom stereocenters. The Hall–Kier alpha value is -2.44. The molecule has 0 aliphatic carbocycles. The van der Waals surface area contributed by atoms with Crippen LogP contribution in [0.15, 0.2) is 29.4 Å². The molecule has 0 saturated carbocycles. The number of urea groups is 1. The number of hydrazone groups is 1. The molecule has 0 unspecified atom stereocenters. The largest absolute Gasteiger partial charge is 0.350 e. The van der Waals surface area contributed by atoms with Gasteiger partial charge in [-0.2, -0.15) is 5.10 Å². The van der Waals surface area contributed by atoms with Gasteiger partial charge in [-0.05, 0) is 25.3 Å². The van der Waals surface area contributed by atoms with Crippen LogP contribution in [0.25, 0.3) is 0 Å². The second-order valence-electron chi connectivity index (χ2n) is 3.75. The van der Waals surface area contributed by atoms with Crippen LogP contribution in [-0.2, 0) is 6.42 Å². The minimum absolute atomic E-state index is 0.0690. The highest BCUT2D eigenvalue weighted by molar-refractivity contribution is 5.83. The molecular formula is C11H14N4O3.